The van der Waals surface area contributed by atoms with Crippen LogP contribution in [0.5, 0.6) is 0 Å². The average Bonchev–Trinajstić information content (AvgIpc) is 2.92. The number of halogens is 4. The molecule has 24 heavy (non-hydrogen) atoms. The lowest BCUT2D eigenvalue weighted by molar-refractivity contribution is -0.137. The number of hydrogen-bond acceptors (Lipinski definition) is 1. The Kier molecular flexibility index (Phi) is 4.13. The van der Waals surface area contributed by atoms with Gasteiger partial charge in [0.15, 0.2) is 0 Å². The van der Waals surface area contributed by atoms with Crippen molar-refractivity contribution in [3.63, 3.8) is 0 Å². The molecule has 6 heteroatoms. The van der Waals surface area contributed by atoms with E-state index in [1.54, 1.807) is 10.7 Å². The van der Waals surface area contributed by atoms with Crippen LogP contribution in [-0.4, -0.2) is 9.78 Å². The van der Waals surface area contributed by atoms with E-state index in [1.807, 2.05) is 38.2 Å². The van der Waals surface area contributed by atoms with Crippen LogP contribution in [0.2, 0.25) is 5.02 Å². The molecule has 0 saturated heterocycles. The molecule has 0 spiro atoms. The molecule has 0 amide bonds. The molecule has 0 fully saturated rings. The van der Waals surface area contributed by atoms with Crippen LogP contribution in [0.25, 0.3) is 16.8 Å². The Bertz CT molecular complexity index is 898. The maximum atomic E-state index is 13.0. The van der Waals surface area contributed by atoms with Gasteiger partial charge in [-0.05, 0) is 60.9 Å². The van der Waals surface area contributed by atoms with Gasteiger partial charge in [0.2, 0.25) is 0 Å². The number of alkyl halides is 3. The summed E-state index contributed by atoms with van der Waals surface area (Å²) in [5.74, 6) is 0. The fourth-order valence-corrected chi connectivity index (χ4v) is 2.74. The van der Waals surface area contributed by atoms with Crippen LogP contribution >= 0.6 is 11.6 Å². The summed E-state index contributed by atoms with van der Waals surface area (Å²) >= 11 is 5.88. The van der Waals surface area contributed by atoms with Gasteiger partial charge in [0.25, 0.3) is 0 Å². The standard InChI is InChI=1S/C18H14ClF3N2/c1-11-3-4-13(9-17(11)24-6-5-12(2)23-24)14-7-15(18(20,21)22)10-16(19)8-14/h3-10H,1-2H3. The van der Waals surface area contributed by atoms with E-state index >= 15 is 0 Å². The third-order valence-electron chi connectivity index (χ3n) is 3.74. The zero-order chi connectivity index (χ0) is 17.5. The van der Waals surface area contributed by atoms with Gasteiger partial charge in [-0.25, -0.2) is 4.68 Å². The van der Waals surface area contributed by atoms with Crippen molar-refractivity contribution in [2.75, 3.05) is 0 Å². The second-order valence-corrected chi connectivity index (χ2v) is 6.07. The molecule has 2 nitrogen and oxygen atoms in total. The fraction of sp³-hybridized carbons (Fsp3) is 0.167. The predicted molar refractivity (Wildman–Crippen MR) is 88.5 cm³/mol. The Hall–Kier alpha value is -2.27. The molecule has 0 aliphatic heterocycles. The largest absolute Gasteiger partial charge is 0.416 e. The first kappa shape index (κ1) is 16.6. The summed E-state index contributed by atoms with van der Waals surface area (Å²) in [5, 5.41) is 4.41. The highest BCUT2D eigenvalue weighted by molar-refractivity contribution is 6.31. The Morgan fingerprint density at radius 2 is 1.71 bits per heavy atom. The predicted octanol–water partition coefficient (Wildman–Crippen LogP) is 5.83. The molecule has 3 aromatic rings. The maximum absolute atomic E-state index is 13.0. The van der Waals surface area contributed by atoms with Crippen molar-refractivity contribution >= 4 is 11.6 Å². The number of nitrogens with zero attached hydrogens (tertiary/aromatic N) is 2. The van der Waals surface area contributed by atoms with E-state index < -0.39 is 11.7 Å². The third kappa shape index (κ3) is 3.31. The lowest BCUT2D eigenvalue weighted by Crippen LogP contribution is -2.05. The summed E-state index contributed by atoms with van der Waals surface area (Å²) in [5.41, 5.74) is 2.95. The van der Waals surface area contributed by atoms with Crippen molar-refractivity contribution in [3.8, 4) is 16.8 Å². The van der Waals surface area contributed by atoms with E-state index in [-0.39, 0.29) is 5.02 Å². The summed E-state index contributed by atoms with van der Waals surface area (Å²) in [6, 6.07) is 10.9. The molecule has 0 bridgehead atoms. The van der Waals surface area contributed by atoms with Crippen LogP contribution in [-0.2, 0) is 6.18 Å². The highest BCUT2D eigenvalue weighted by Gasteiger charge is 2.31. The van der Waals surface area contributed by atoms with Gasteiger partial charge < -0.3 is 0 Å². The van der Waals surface area contributed by atoms with Crippen molar-refractivity contribution in [2.24, 2.45) is 0 Å². The van der Waals surface area contributed by atoms with Gasteiger partial charge in [-0.3, -0.25) is 0 Å². The van der Waals surface area contributed by atoms with Crippen LogP contribution in [0.4, 0.5) is 13.2 Å². The van der Waals surface area contributed by atoms with Gasteiger partial charge in [-0.15, -0.1) is 0 Å². The van der Waals surface area contributed by atoms with E-state index in [0.717, 1.165) is 29.1 Å². The fourth-order valence-electron chi connectivity index (χ4n) is 2.50. The summed E-state index contributed by atoms with van der Waals surface area (Å²) in [7, 11) is 0. The van der Waals surface area contributed by atoms with Crippen molar-refractivity contribution < 1.29 is 13.2 Å². The summed E-state index contributed by atoms with van der Waals surface area (Å²) in [4.78, 5) is 0. The minimum Gasteiger partial charge on any atom is -0.240 e. The molecule has 0 radical (unpaired) electrons. The van der Waals surface area contributed by atoms with E-state index in [1.165, 1.54) is 6.07 Å². The molecule has 0 aliphatic rings. The molecule has 0 aliphatic carbocycles. The van der Waals surface area contributed by atoms with Gasteiger partial charge in [0, 0.05) is 11.2 Å². The highest BCUT2D eigenvalue weighted by atomic mass is 35.5. The molecule has 0 unspecified atom stereocenters. The Morgan fingerprint density at radius 1 is 0.958 bits per heavy atom. The first-order chi connectivity index (χ1) is 11.2. The van der Waals surface area contributed by atoms with Crippen molar-refractivity contribution in [2.45, 2.75) is 20.0 Å². The first-order valence-corrected chi connectivity index (χ1v) is 7.63. The normalized spacial score (nSPS) is 11.8. The zero-order valence-corrected chi connectivity index (χ0v) is 13.8. The monoisotopic (exact) mass is 350 g/mol. The molecule has 124 valence electrons. The lowest BCUT2D eigenvalue weighted by atomic mass is 10.0. The molecule has 1 aromatic heterocycles. The summed E-state index contributed by atoms with van der Waals surface area (Å²) in [6.07, 6.45) is -2.62. The second kappa shape index (κ2) is 5.98. The smallest absolute Gasteiger partial charge is 0.240 e. The molecule has 2 aromatic carbocycles. The lowest BCUT2D eigenvalue weighted by Gasteiger charge is -2.12. The van der Waals surface area contributed by atoms with E-state index in [0.29, 0.717) is 11.1 Å². The molecule has 0 saturated carbocycles. The molecular formula is C18H14ClF3N2. The topological polar surface area (TPSA) is 17.8 Å². The van der Waals surface area contributed by atoms with Crippen molar-refractivity contribution in [1.29, 1.82) is 0 Å². The molecule has 0 N–H and O–H groups in total. The van der Waals surface area contributed by atoms with Gasteiger partial charge in [-0.1, -0.05) is 23.7 Å². The summed E-state index contributed by atoms with van der Waals surface area (Å²) in [6.45, 7) is 3.80. The minimum absolute atomic E-state index is 0.0527. The first-order valence-electron chi connectivity index (χ1n) is 7.25. The molecule has 3 rings (SSSR count). The van der Waals surface area contributed by atoms with E-state index in [9.17, 15) is 13.2 Å². The highest BCUT2D eigenvalue weighted by Crippen LogP contribution is 2.35. The number of rotatable bonds is 2. The van der Waals surface area contributed by atoms with Crippen LogP contribution in [0.15, 0.2) is 48.7 Å². The molecule has 0 atom stereocenters. The second-order valence-electron chi connectivity index (χ2n) is 5.63. The molecular weight excluding hydrogens is 337 g/mol. The van der Waals surface area contributed by atoms with Gasteiger partial charge in [-0.2, -0.15) is 18.3 Å². The van der Waals surface area contributed by atoms with E-state index in [4.69, 9.17) is 11.6 Å². The van der Waals surface area contributed by atoms with Crippen molar-refractivity contribution in [3.05, 3.63) is 70.5 Å². The zero-order valence-electron chi connectivity index (χ0n) is 13.0. The average molecular weight is 351 g/mol. The van der Waals surface area contributed by atoms with E-state index in [2.05, 4.69) is 5.10 Å². The number of aromatic nitrogens is 2. The van der Waals surface area contributed by atoms with Crippen LogP contribution in [0.1, 0.15) is 16.8 Å². The maximum Gasteiger partial charge on any atom is 0.416 e. The van der Waals surface area contributed by atoms with Gasteiger partial charge >= 0.3 is 6.18 Å². The third-order valence-corrected chi connectivity index (χ3v) is 3.96. The Morgan fingerprint density at radius 3 is 2.33 bits per heavy atom. The Balaban J connectivity index is 2.12. The number of benzene rings is 2. The molecule has 1 heterocycles. The van der Waals surface area contributed by atoms with Crippen LogP contribution < -0.4 is 0 Å². The Labute approximate surface area is 142 Å². The SMILES string of the molecule is Cc1ccn(-c2cc(-c3cc(Cl)cc(C(F)(F)F)c3)ccc2C)n1. The summed E-state index contributed by atoms with van der Waals surface area (Å²) < 4.78 is 40.7. The van der Waals surface area contributed by atoms with Gasteiger partial charge in [0.1, 0.15) is 0 Å². The minimum atomic E-state index is -4.44. The van der Waals surface area contributed by atoms with Gasteiger partial charge in [0.05, 0.1) is 16.9 Å². The quantitative estimate of drug-likeness (QED) is 0.568. The van der Waals surface area contributed by atoms with Crippen LogP contribution in [0.3, 0.4) is 0 Å². The number of hydrogen-bond donors (Lipinski definition) is 0. The number of aryl methyl sites for hydroxylation is 2. The van der Waals surface area contributed by atoms with Crippen LogP contribution in [0, 0.1) is 13.8 Å². The van der Waals surface area contributed by atoms with Crippen molar-refractivity contribution in [1.82, 2.24) is 9.78 Å².